The van der Waals surface area contributed by atoms with Gasteiger partial charge < -0.3 is 14.6 Å². The van der Waals surface area contributed by atoms with Crippen LogP contribution in [0.5, 0.6) is 17.2 Å². The number of ether oxygens (including phenoxy) is 2. The molecule has 0 aliphatic heterocycles. The molecule has 2 aromatic carbocycles. The molecule has 0 fully saturated rings. The Morgan fingerprint density at radius 1 is 1.08 bits per heavy atom. The number of hydrogen-bond donors (Lipinski definition) is 1. The van der Waals surface area contributed by atoms with E-state index in [2.05, 4.69) is 0 Å². The van der Waals surface area contributed by atoms with E-state index in [1.54, 1.807) is 48.7 Å². The zero-order valence-corrected chi connectivity index (χ0v) is 14.2. The number of methoxy groups -OCH3 is 1. The fourth-order valence-corrected chi connectivity index (χ4v) is 2.46. The molecule has 3 rings (SSSR count). The van der Waals surface area contributed by atoms with Crippen molar-refractivity contribution in [1.29, 1.82) is 0 Å². The highest BCUT2D eigenvalue weighted by atomic mass is 35.5. The van der Waals surface area contributed by atoms with Crippen molar-refractivity contribution in [2.24, 2.45) is 0 Å². The van der Waals surface area contributed by atoms with E-state index in [1.165, 1.54) is 23.8 Å². The number of pyridine rings is 1. The fraction of sp³-hybridized carbons (Fsp3) is 0.105. The highest BCUT2D eigenvalue weighted by Crippen LogP contribution is 2.27. The van der Waals surface area contributed by atoms with Crippen LogP contribution < -0.4 is 15.0 Å². The topological polar surface area (TPSA) is 60.7 Å². The van der Waals surface area contributed by atoms with Gasteiger partial charge in [0.05, 0.1) is 12.8 Å². The minimum absolute atomic E-state index is 0.0206. The van der Waals surface area contributed by atoms with Crippen LogP contribution in [-0.4, -0.2) is 16.8 Å². The monoisotopic (exact) mass is 357 g/mol. The van der Waals surface area contributed by atoms with Crippen molar-refractivity contribution in [3.05, 3.63) is 81.7 Å². The number of phenolic OH excluding ortho intramolecular Hbond substituents is 1. The molecule has 5 nitrogen and oxygen atoms in total. The Kier molecular flexibility index (Phi) is 4.95. The lowest BCUT2D eigenvalue weighted by Crippen LogP contribution is -2.17. The molecule has 0 spiro atoms. The van der Waals surface area contributed by atoms with Gasteiger partial charge in [-0.25, -0.2) is 0 Å². The number of rotatable bonds is 5. The summed E-state index contributed by atoms with van der Waals surface area (Å²) in [6.07, 6.45) is 1.66. The first-order valence-corrected chi connectivity index (χ1v) is 7.92. The molecule has 1 heterocycles. The summed E-state index contributed by atoms with van der Waals surface area (Å²) in [7, 11) is 1.46. The first-order chi connectivity index (χ1) is 12.1. The van der Waals surface area contributed by atoms with E-state index >= 15 is 0 Å². The van der Waals surface area contributed by atoms with Gasteiger partial charge in [-0.05, 0) is 48.0 Å². The number of benzene rings is 2. The zero-order valence-electron chi connectivity index (χ0n) is 13.5. The van der Waals surface area contributed by atoms with Crippen LogP contribution in [0.15, 0.2) is 65.6 Å². The second-order valence-corrected chi connectivity index (χ2v) is 5.78. The summed E-state index contributed by atoms with van der Waals surface area (Å²) >= 11 is 5.83. The number of phenols is 1. The lowest BCUT2D eigenvalue weighted by molar-refractivity contribution is 0.306. The summed E-state index contributed by atoms with van der Waals surface area (Å²) in [5.74, 6) is 1.00. The molecule has 0 saturated heterocycles. The Hall–Kier alpha value is -2.92. The van der Waals surface area contributed by atoms with Crippen molar-refractivity contribution in [2.45, 2.75) is 6.61 Å². The van der Waals surface area contributed by atoms with Crippen LogP contribution in [0.2, 0.25) is 5.02 Å². The molecule has 0 aliphatic carbocycles. The number of hydrogen-bond acceptors (Lipinski definition) is 4. The van der Waals surface area contributed by atoms with Crippen molar-refractivity contribution < 1.29 is 14.6 Å². The molecule has 0 amide bonds. The van der Waals surface area contributed by atoms with Gasteiger partial charge in [0.25, 0.3) is 5.56 Å². The highest BCUT2D eigenvalue weighted by molar-refractivity contribution is 6.30. The number of aromatic hydroxyl groups is 1. The minimum atomic E-state index is -0.204. The number of halogens is 1. The van der Waals surface area contributed by atoms with Crippen LogP contribution in [0.3, 0.4) is 0 Å². The Bertz CT molecular complexity index is 935. The second-order valence-electron chi connectivity index (χ2n) is 5.34. The van der Waals surface area contributed by atoms with Gasteiger partial charge in [0.2, 0.25) is 0 Å². The molecule has 6 heteroatoms. The van der Waals surface area contributed by atoms with Gasteiger partial charge in [0.1, 0.15) is 12.4 Å². The molecule has 0 bridgehead atoms. The smallest absolute Gasteiger partial charge is 0.255 e. The van der Waals surface area contributed by atoms with E-state index in [0.29, 0.717) is 22.2 Å². The highest BCUT2D eigenvalue weighted by Gasteiger charge is 2.07. The maximum atomic E-state index is 12.4. The fourth-order valence-electron chi connectivity index (χ4n) is 2.34. The Morgan fingerprint density at radius 3 is 2.52 bits per heavy atom. The predicted molar refractivity (Wildman–Crippen MR) is 96.0 cm³/mol. The van der Waals surface area contributed by atoms with Crippen molar-refractivity contribution in [1.82, 2.24) is 4.57 Å². The van der Waals surface area contributed by atoms with Crippen molar-refractivity contribution in [2.75, 3.05) is 7.11 Å². The van der Waals surface area contributed by atoms with Crippen LogP contribution in [0, 0.1) is 0 Å². The van der Waals surface area contributed by atoms with E-state index in [4.69, 9.17) is 21.1 Å². The summed E-state index contributed by atoms with van der Waals surface area (Å²) in [4.78, 5) is 12.4. The lowest BCUT2D eigenvalue weighted by Gasteiger charge is -2.10. The Labute approximate surface area is 149 Å². The number of nitrogens with zero attached hydrogens (tertiary/aromatic N) is 1. The van der Waals surface area contributed by atoms with Gasteiger partial charge >= 0.3 is 0 Å². The summed E-state index contributed by atoms with van der Waals surface area (Å²) in [5, 5.41) is 10.3. The van der Waals surface area contributed by atoms with Gasteiger partial charge in [0.15, 0.2) is 11.5 Å². The zero-order chi connectivity index (χ0) is 17.8. The van der Waals surface area contributed by atoms with Gasteiger partial charge in [-0.15, -0.1) is 0 Å². The maximum absolute atomic E-state index is 12.4. The van der Waals surface area contributed by atoms with Crippen LogP contribution in [-0.2, 0) is 6.61 Å². The van der Waals surface area contributed by atoms with E-state index in [9.17, 15) is 9.90 Å². The molecule has 1 N–H and O–H groups in total. The lowest BCUT2D eigenvalue weighted by atomic mass is 10.2. The molecule has 0 aliphatic rings. The first-order valence-electron chi connectivity index (χ1n) is 7.54. The van der Waals surface area contributed by atoms with Crippen molar-refractivity contribution in [3.8, 4) is 22.9 Å². The van der Waals surface area contributed by atoms with Crippen molar-refractivity contribution in [3.63, 3.8) is 0 Å². The average molecular weight is 358 g/mol. The van der Waals surface area contributed by atoms with Gasteiger partial charge in [-0.1, -0.05) is 11.6 Å². The van der Waals surface area contributed by atoms with Gasteiger partial charge in [-0.2, -0.15) is 0 Å². The molecular weight excluding hydrogens is 342 g/mol. The summed E-state index contributed by atoms with van der Waals surface area (Å²) in [5.41, 5.74) is 1.15. The molecule has 3 aromatic rings. The predicted octanol–water partition coefficient (Wildman–Crippen LogP) is 3.78. The average Bonchev–Trinajstić information content (AvgIpc) is 2.62. The first kappa shape index (κ1) is 16.9. The maximum Gasteiger partial charge on any atom is 0.255 e. The van der Waals surface area contributed by atoms with E-state index in [1.807, 2.05) is 0 Å². The molecule has 128 valence electrons. The standard InChI is InChI=1S/C19H16ClNO4/c1-24-18-11-15(4-7-17(18)22)21-9-8-13(10-19(21)23)12-25-16-5-2-14(20)3-6-16/h2-11,22H,12H2,1H3. The molecule has 1 aromatic heterocycles. The molecule has 25 heavy (non-hydrogen) atoms. The molecule has 0 saturated carbocycles. The number of aromatic nitrogens is 1. The van der Waals surface area contributed by atoms with Crippen LogP contribution in [0.1, 0.15) is 5.56 Å². The molecule has 0 radical (unpaired) electrons. The normalized spacial score (nSPS) is 10.5. The third-order valence-corrected chi connectivity index (χ3v) is 3.90. The second kappa shape index (κ2) is 7.32. The summed E-state index contributed by atoms with van der Waals surface area (Å²) in [6.45, 7) is 0.274. The molecule has 0 atom stereocenters. The third kappa shape index (κ3) is 3.95. The van der Waals surface area contributed by atoms with Crippen LogP contribution >= 0.6 is 11.6 Å². The Morgan fingerprint density at radius 2 is 1.84 bits per heavy atom. The third-order valence-electron chi connectivity index (χ3n) is 3.64. The summed E-state index contributed by atoms with van der Waals surface area (Å²) in [6, 6.07) is 15.1. The SMILES string of the molecule is COc1cc(-n2ccc(COc3ccc(Cl)cc3)cc2=O)ccc1O. The van der Waals surface area contributed by atoms with Crippen molar-refractivity contribution >= 4 is 11.6 Å². The minimum Gasteiger partial charge on any atom is -0.504 e. The quantitative estimate of drug-likeness (QED) is 0.754. The van der Waals surface area contributed by atoms with Crippen LogP contribution in [0.4, 0.5) is 0 Å². The molecular formula is C19H16ClNO4. The largest absolute Gasteiger partial charge is 0.504 e. The molecule has 0 unspecified atom stereocenters. The van der Waals surface area contributed by atoms with Gasteiger partial charge in [0, 0.05) is 23.4 Å². The Balaban J connectivity index is 1.79. The summed E-state index contributed by atoms with van der Waals surface area (Å²) < 4.78 is 12.2. The van der Waals surface area contributed by atoms with E-state index in [0.717, 1.165) is 5.56 Å². The van der Waals surface area contributed by atoms with Crippen LogP contribution in [0.25, 0.3) is 5.69 Å². The van der Waals surface area contributed by atoms with E-state index < -0.39 is 0 Å². The van der Waals surface area contributed by atoms with E-state index in [-0.39, 0.29) is 17.9 Å². The van der Waals surface area contributed by atoms with Gasteiger partial charge in [-0.3, -0.25) is 9.36 Å².